The number of nitrogens with one attached hydrogen (secondary N) is 2. The summed E-state index contributed by atoms with van der Waals surface area (Å²) in [6, 6.07) is 10.4. The van der Waals surface area contributed by atoms with Crippen molar-refractivity contribution in [3.05, 3.63) is 76.5 Å². The Hall–Kier alpha value is -3.54. The third kappa shape index (κ3) is 7.50. The van der Waals surface area contributed by atoms with Gasteiger partial charge in [0.25, 0.3) is 11.8 Å². The molecular formula is C25H22ClF6N3O3. The fraction of sp³-hybridized carbons (Fsp3) is 0.320. The van der Waals surface area contributed by atoms with Gasteiger partial charge in [-0.05, 0) is 61.7 Å². The van der Waals surface area contributed by atoms with Crippen molar-refractivity contribution in [2.75, 3.05) is 6.54 Å². The standard InChI is InChI=1S/C25H22ClF6N3O3/c1-23(22(37)35-13-15-3-7-17(26)8-4-15,38-18-9-5-16(6-10-18)24(27,28)29)11-2-12-33-21(36)20-19(14-34-20)25(30,31)32/h3-10,14H,2,11-13H2,1H3,(H,33,36)(H,35,37). The van der Waals surface area contributed by atoms with Crippen LogP contribution in [-0.2, 0) is 22.3 Å². The van der Waals surface area contributed by atoms with Crippen LogP contribution in [0, 0.1) is 0 Å². The molecule has 0 aliphatic carbocycles. The van der Waals surface area contributed by atoms with Crippen LogP contribution in [0.1, 0.15) is 30.9 Å². The summed E-state index contributed by atoms with van der Waals surface area (Å²) < 4.78 is 82.9. The van der Waals surface area contributed by atoms with Gasteiger partial charge in [0.2, 0.25) is 0 Å². The van der Waals surface area contributed by atoms with Gasteiger partial charge in [-0.2, -0.15) is 26.3 Å². The predicted octanol–water partition coefficient (Wildman–Crippen LogP) is 5.61. The SMILES string of the molecule is CC(CCCNC(=O)C1=NC=C1C(F)(F)F)(Oc1ccc(C(F)(F)F)cc1)C(=O)NCc1ccc(Cl)cc1. The maximum atomic E-state index is 13.1. The average molecular weight is 562 g/mol. The van der Waals surface area contributed by atoms with Crippen LogP contribution < -0.4 is 15.4 Å². The van der Waals surface area contributed by atoms with Crippen LogP contribution in [0.25, 0.3) is 0 Å². The van der Waals surface area contributed by atoms with Crippen LogP contribution >= 0.6 is 11.6 Å². The second-order valence-corrected chi connectivity index (χ2v) is 8.98. The number of nitrogens with zero attached hydrogens (tertiary/aromatic N) is 1. The maximum Gasteiger partial charge on any atom is 0.420 e. The molecule has 2 amide bonds. The largest absolute Gasteiger partial charge is 0.478 e. The number of carbonyl (C=O) groups is 2. The van der Waals surface area contributed by atoms with Gasteiger partial charge in [0.05, 0.1) is 5.56 Å². The Bertz CT molecular complexity index is 1220. The van der Waals surface area contributed by atoms with Crippen molar-refractivity contribution in [1.82, 2.24) is 10.6 Å². The van der Waals surface area contributed by atoms with Crippen molar-refractivity contribution in [1.29, 1.82) is 0 Å². The summed E-state index contributed by atoms with van der Waals surface area (Å²) in [7, 11) is 0. The lowest BCUT2D eigenvalue weighted by Crippen LogP contribution is -2.49. The first-order chi connectivity index (χ1) is 17.7. The minimum absolute atomic E-state index is 0.00467. The van der Waals surface area contributed by atoms with E-state index in [2.05, 4.69) is 15.6 Å². The van der Waals surface area contributed by atoms with Crippen LogP contribution in [0.4, 0.5) is 26.3 Å². The molecule has 2 aromatic carbocycles. The van der Waals surface area contributed by atoms with Crippen molar-refractivity contribution < 1.29 is 40.7 Å². The Morgan fingerprint density at radius 3 is 2.08 bits per heavy atom. The molecular weight excluding hydrogens is 540 g/mol. The van der Waals surface area contributed by atoms with E-state index in [-0.39, 0.29) is 31.7 Å². The molecule has 0 bridgehead atoms. The van der Waals surface area contributed by atoms with E-state index >= 15 is 0 Å². The summed E-state index contributed by atoms with van der Waals surface area (Å²) in [5, 5.41) is 5.51. The molecule has 3 rings (SSSR count). The maximum absolute atomic E-state index is 13.1. The van der Waals surface area contributed by atoms with Crippen LogP contribution in [-0.4, -0.2) is 35.8 Å². The molecule has 1 unspecified atom stereocenters. The fourth-order valence-electron chi connectivity index (χ4n) is 3.45. The van der Waals surface area contributed by atoms with Gasteiger partial charge in [-0.3, -0.25) is 9.59 Å². The minimum Gasteiger partial charge on any atom is -0.478 e. The summed E-state index contributed by atoms with van der Waals surface area (Å²) in [6.07, 6.45) is -8.65. The van der Waals surface area contributed by atoms with E-state index in [1.54, 1.807) is 24.3 Å². The Labute approximate surface area is 218 Å². The zero-order valence-corrected chi connectivity index (χ0v) is 20.6. The molecule has 2 aromatic rings. The summed E-state index contributed by atoms with van der Waals surface area (Å²) in [5.74, 6) is -1.61. The molecule has 0 radical (unpaired) electrons. The number of ether oxygens (including phenoxy) is 1. The lowest BCUT2D eigenvalue weighted by atomic mass is 9.97. The van der Waals surface area contributed by atoms with Gasteiger partial charge in [-0.1, -0.05) is 23.7 Å². The monoisotopic (exact) mass is 561 g/mol. The van der Waals surface area contributed by atoms with Gasteiger partial charge in [0.15, 0.2) is 5.60 Å². The van der Waals surface area contributed by atoms with Crippen LogP contribution in [0.2, 0.25) is 5.02 Å². The highest BCUT2D eigenvalue weighted by atomic mass is 35.5. The normalized spacial score (nSPS) is 14.9. The molecule has 2 N–H and O–H groups in total. The average Bonchev–Trinajstić information content (AvgIpc) is 2.79. The molecule has 6 nitrogen and oxygen atoms in total. The zero-order valence-electron chi connectivity index (χ0n) is 19.8. The quantitative estimate of drug-likeness (QED) is 0.292. The first kappa shape index (κ1) is 29.0. The van der Waals surface area contributed by atoms with E-state index in [1.807, 2.05) is 0 Å². The Balaban J connectivity index is 1.65. The van der Waals surface area contributed by atoms with Crippen molar-refractivity contribution in [3.8, 4) is 5.75 Å². The molecule has 1 aliphatic rings. The number of amides is 2. The van der Waals surface area contributed by atoms with Gasteiger partial charge in [-0.15, -0.1) is 0 Å². The molecule has 0 spiro atoms. The third-order valence-electron chi connectivity index (χ3n) is 5.59. The van der Waals surface area contributed by atoms with Crippen molar-refractivity contribution in [2.45, 2.75) is 44.3 Å². The molecule has 204 valence electrons. The van der Waals surface area contributed by atoms with Gasteiger partial charge in [0.1, 0.15) is 17.0 Å². The molecule has 0 fully saturated rings. The van der Waals surface area contributed by atoms with E-state index < -0.39 is 46.6 Å². The lowest BCUT2D eigenvalue weighted by molar-refractivity contribution is -0.138. The van der Waals surface area contributed by atoms with Crippen LogP contribution in [0.5, 0.6) is 5.75 Å². The molecule has 38 heavy (non-hydrogen) atoms. The van der Waals surface area contributed by atoms with Crippen LogP contribution in [0.15, 0.2) is 65.3 Å². The highest BCUT2D eigenvalue weighted by Crippen LogP contribution is 2.32. The van der Waals surface area contributed by atoms with Crippen molar-refractivity contribution in [2.24, 2.45) is 4.99 Å². The van der Waals surface area contributed by atoms with Gasteiger partial charge < -0.3 is 15.4 Å². The second kappa shape index (κ2) is 11.5. The van der Waals surface area contributed by atoms with E-state index in [1.165, 1.54) is 6.92 Å². The van der Waals surface area contributed by atoms with E-state index in [0.717, 1.165) is 29.8 Å². The van der Waals surface area contributed by atoms with Gasteiger partial charge >= 0.3 is 12.4 Å². The number of benzene rings is 2. The molecule has 1 heterocycles. The smallest absolute Gasteiger partial charge is 0.420 e. The highest BCUT2D eigenvalue weighted by Gasteiger charge is 2.43. The fourth-order valence-corrected chi connectivity index (χ4v) is 3.57. The number of carbonyl (C=O) groups excluding carboxylic acids is 2. The summed E-state index contributed by atoms with van der Waals surface area (Å²) in [5.41, 5.74) is -3.63. The van der Waals surface area contributed by atoms with Crippen LogP contribution in [0.3, 0.4) is 0 Å². The van der Waals surface area contributed by atoms with Gasteiger partial charge in [-0.25, -0.2) is 4.99 Å². The number of alkyl halides is 6. The zero-order chi connectivity index (χ0) is 28.1. The molecule has 1 atom stereocenters. The molecule has 0 saturated carbocycles. The highest BCUT2D eigenvalue weighted by molar-refractivity contribution is 6.47. The third-order valence-corrected chi connectivity index (χ3v) is 5.84. The van der Waals surface area contributed by atoms with E-state index in [4.69, 9.17) is 16.3 Å². The van der Waals surface area contributed by atoms with E-state index in [9.17, 15) is 35.9 Å². The second-order valence-electron chi connectivity index (χ2n) is 8.54. The number of hydrogen-bond acceptors (Lipinski definition) is 4. The Morgan fingerprint density at radius 2 is 1.55 bits per heavy atom. The molecule has 0 saturated heterocycles. The topological polar surface area (TPSA) is 79.8 Å². The number of hydrogen-bond donors (Lipinski definition) is 2. The number of aliphatic imine (C=N–C) groups is 1. The molecule has 13 heteroatoms. The Morgan fingerprint density at radius 1 is 0.921 bits per heavy atom. The van der Waals surface area contributed by atoms with Crippen molar-refractivity contribution >= 4 is 29.1 Å². The first-order valence-corrected chi connectivity index (χ1v) is 11.6. The first-order valence-electron chi connectivity index (χ1n) is 11.2. The number of rotatable bonds is 10. The number of halogens is 7. The predicted molar refractivity (Wildman–Crippen MR) is 128 cm³/mol. The van der Waals surface area contributed by atoms with E-state index in [0.29, 0.717) is 11.2 Å². The Kier molecular flexibility index (Phi) is 8.75. The summed E-state index contributed by atoms with van der Waals surface area (Å²) >= 11 is 5.86. The molecule has 0 aromatic heterocycles. The summed E-state index contributed by atoms with van der Waals surface area (Å²) in [6.45, 7) is 1.41. The minimum atomic E-state index is -4.70. The van der Waals surface area contributed by atoms with Gasteiger partial charge in [0, 0.05) is 24.3 Å². The summed E-state index contributed by atoms with van der Waals surface area (Å²) in [4.78, 5) is 28.5. The van der Waals surface area contributed by atoms with Crippen molar-refractivity contribution in [3.63, 3.8) is 0 Å². The lowest BCUT2D eigenvalue weighted by Gasteiger charge is -2.30. The molecule has 1 aliphatic heterocycles.